The van der Waals surface area contributed by atoms with Crippen molar-refractivity contribution in [3.63, 3.8) is 0 Å². The summed E-state index contributed by atoms with van der Waals surface area (Å²) in [5.74, 6) is 1.19. The normalized spacial score (nSPS) is 12.0. The van der Waals surface area contributed by atoms with Gasteiger partial charge >= 0.3 is 6.43 Å². The van der Waals surface area contributed by atoms with Crippen molar-refractivity contribution in [1.82, 2.24) is 20.1 Å². The van der Waals surface area contributed by atoms with Crippen molar-refractivity contribution in [2.75, 3.05) is 5.73 Å². The Morgan fingerprint density at radius 1 is 1.06 bits per heavy atom. The second kappa shape index (κ2) is 10.2. The average Bonchev–Trinajstić information content (AvgIpc) is 3.29. The molecule has 0 amide bonds. The smallest absolute Gasteiger partial charge is 0.304 e. The zero-order valence-electron chi connectivity index (χ0n) is 18.0. The van der Waals surface area contributed by atoms with Gasteiger partial charge in [0, 0.05) is 42.7 Å². The highest BCUT2D eigenvalue weighted by Crippen LogP contribution is 2.26. The molecule has 34 heavy (non-hydrogen) atoms. The molecule has 0 aliphatic carbocycles. The first kappa shape index (κ1) is 23.0. The molecular weight excluding hydrogens is 451 g/mol. The van der Waals surface area contributed by atoms with Crippen LogP contribution in [0.25, 0.3) is 11.3 Å². The summed E-state index contributed by atoms with van der Waals surface area (Å²) >= 11 is 0. The first-order chi connectivity index (χ1) is 16.4. The lowest BCUT2D eigenvalue weighted by molar-refractivity contribution is -0.0672. The van der Waals surface area contributed by atoms with Gasteiger partial charge in [-0.05, 0) is 30.7 Å². The van der Waals surface area contributed by atoms with Crippen LogP contribution in [-0.2, 0) is 13.0 Å². The molecule has 0 saturated heterocycles. The molecule has 176 valence electrons. The first-order valence-electron chi connectivity index (χ1n) is 10.2. The summed E-state index contributed by atoms with van der Waals surface area (Å²) in [6.07, 6.45) is -0.913. The molecule has 1 unspecified atom stereocenters. The fraction of sp³-hybridized carbons (Fsp3) is 0.217. The zero-order valence-corrected chi connectivity index (χ0v) is 18.0. The summed E-state index contributed by atoms with van der Waals surface area (Å²) in [4.78, 5) is 12.4. The van der Waals surface area contributed by atoms with Gasteiger partial charge in [0.1, 0.15) is 18.2 Å². The van der Waals surface area contributed by atoms with Crippen molar-refractivity contribution in [3.05, 3.63) is 77.5 Å². The van der Waals surface area contributed by atoms with E-state index in [0.717, 1.165) is 5.56 Å². The van der Waals surface area contributed by atoms with Crippen LogP contribution < -0.4 is 15.2 Å². The van der Waals surface area contributed by atoms with E-state index in [2.05, 4.69) is 24.8 Å². The number of rotatable bonds is 9. The molecule has 8 nitrogen and oxygen atoms in total. The van der Waals surface area contributed by atoms with Gasteiger partial charge in [0.15, 0.2) is 5.76 Å². The van der Waals surface area contributed by atoms with Gasteiger partial charge in [0.05, 0.1) is 17.0 Å². The number of hydrogen-bond acceptors (Lipinski definition) is 8. The first-order valence-corrected chi connectivity index (χ1v) is 10.2. The number of nitrogens with zero attached hydrogens (tertiary/aromatic N) is 4. The number of ether oxygens (including phenoxy) is 2. The predicted molar refractivity (Wildman–Crippen MR) is 116 cm³/mol. The van der Waals surface area contributed by atoms with E-state index in [-0.39, 0.29) is 12.4 Å². The van der Waals surface area contributed by atoms with Crippen LogP contribution in [0.3, 0.4) is 0 Å². The monoisotopic (exact) mass is 471 g/mol. The third-order valence-corrected chi connectivity index (χ3v) is 4.90. The Morgan fingerprint density at radius 3 is 2.65 bits per heavy atom. The highest BCUT2D eigenvalue weighted by atomic mass is 19.3. The van der Waals surface area contributed by atoms with Gasteiger partial charge in [-0.2, -0.15) is 4.39 Å². The molecule has 0 aliphatic rings. The number of aromatic nitrogens is 4. The van der Waals surface area contributed by atoms with E-state index in [1.807, 2.05) is 6.07 Å². The minimum atomic E-state index is -3.24. The van der Waals surface area contributed by atoms with Crippen molar-refractivity contribution in [2.45, 2.75) is 32.7 Å². The van der Waals surface area contributed by atoms with Gasteiger partial charge < -0.3 is 19.7 Å². The van der Waals surface area contributed by atoms with E-state index >= 15 is 0 Å². The molecule has 4 aromatic rings. The van der Waals surface area contributed by atoms with Crippen molar-refractivity contribution in [3.8, 4) is 23.0 Å². The Hall–Kier alpha value is -4.15. The molecule has 0 aliphatic heterocycles. The lowest BCUT2D eigenvalue weighted by Crippen LogP contribution is -2.20. The van der Waals surface area contributed by atoms with Gasteiger partial charge in [-0.25, -0.2) is 18.7 Å². The summed E-state index contributed by atoms with van der Waals surface area (Å²) in [6.45, 7) is 1.58. The molecular formula is C23H20F3N5O3. The predicted octanol–water partition coefficient (Wildman–Crippen LogP) is 4.53. The van der Waals surface area contributed by atoms with Gasteiger partial charge in [-0.1, -0.05) is 11.2 Å². The lowest BCUT2D eigenvalue weighted by atomic mass is 10.1. The van der Waals surface area contributed by atoms with Gasteiger partial charge in [-0.3, -0.25) is 4.98 Å². The van der Waals surface area contributed by atoms with Crippen LogP contribution in [0.5, 0.6) is 11.6 Å². The van der Waals surface area contributed by atoms with Gasteiger partial charge in [-0.15, -0.1) is 0 Å². The Morgan fingerprint density at radius 2 is 1.91 bits per heavy atom. The summed E-state index contributed by atoms with van der Waals surface area (Å²) in [5.41, 5.74) is 8.92. The Kier molecular flexibility index (Phi) is 6.90. The van der Waals surface area contributed by atoms with E-state index in [0.29, 0.717) is 46.4 Å². The molecule has 0 aromatic carbocycles. The lowest BCUT2D eigenvalue weighted by Gasteiger charge is -2.14. The molecule has 4 heterocycles. The Labute approximate surface area is 192 Å². The third-order valence-electron chi connectivity index (χ3n) is 4.90. The molecule has 0 spiro atoms. The van der Waals surface area contributed by atoms with Crippen molar-refractivity contribution >= 4 is 5.82 Å². The van der Waals surface area contributed by atoms with E-state index in [4.69, 9.17) is 15.0 Å². The van der Waals surface area contributed by atoms with Gasteiger partial charge in [0.25, 0.3) is 6.36 Å². The van der Waals surface area contributed by atoms with Crippen LogP contribution >= 0.6 is 0 Å². The second-order valence-corrected chi connectivity index (χ2v) is 7.27. The second-order valence-electron chi connectivity index (χ2n) is 7.27. The quantitative estimate of drug-likeness (QED) is 0.379. The number of hydrogen-bond donors (Lipinski definition) is 1. The Bertz CT molecular complexity index is 1250. The number of nitrogen functional groups attached to an aromatic ring is 1. The van der Waals surface area contributed by atoms with Crippen molar-refractivity contribution in [2.24, 2.45) is 0 Å². The SMILES string of the molecule is Cc1c(OC(F)C(F)F)ccnc1COc1ccc(Cc2cc(-c3cccnc3N)on2)cn1. The molecule has 2 N–H and O–H groups in total. The topological polar surface area (TPSA) is 109 Å². The van der Waals surface area contributed by atoms with E-state index in [1.165, 1.54) is 12.3 Å². The highest BCUT2D eigenvalue weighted by molar-refractivity contribution is 5.69. The van der Waals surface area contributed by atoms with Crippen LogP contribution in [0.15, 0.2) is 59.5 Å². The summed E-state index contributed by atoms with van der Waals surface area (Å²) < 4.78 is 53.7. The van der Waals surface area contributed by atoms with Crippen LogP contribution in [0.4, 0.5) is 19.0 Å². The minimum Gasteiger partial charge on any atom is -0.471 e. The molecule has 4 rings (SSSR count). The molecule has 0 fully saturated rings. The van der Waals surface area contributed by atoms with Crippen molar-refractivity contribution < 1.29 is 27.2 Å². The van der Waals surface area contributed by atoms with Crippen LogP contribution in [-0.4, -0.2) is 32.9 Å². The summed E-state index contributed by atoms with van der Waals surface area (Å²) in [7, 11) is 0. The molecule has 1 atom stereocenters. The fourth-order valence-electron chi connectivity index (χ4n) is 3.11. The molecule has 0 radical (unpaired) electrons. The number of anilines is 1. The number of pyridine rings is 3. The highest BCUT2D eigenvalue weighted by Gasteiger charge is 2.22. The summed E-state index contributed by atoms with van der Waals surface area (Å²) in [5, 5.41) is 4.07. The minimum absolute atomic E-state index is 0.000189. The number of halogens is 3. The molecule has 11 heteroatoms. The van der Waals surface area contributed by atoms with E-state index in [1.54, 1.807) is 43.6 Å². The standard InChI is InChI=1S/C23H20F3N5O3/c1-13-17(28-8-6-18(13)33-22(26)21(24)25)12-32-20-5-4-14(11-30-20)9-15-10-19(34-31-15)16-3-2-7-29-23(16)27/h2-8,10-11,21-22H,9,12H2,1H3,(H2,27,29). The van der Waals surface area contributed by atoms with E-state index in [9.17, 15) is 13.2 Å². The maximum atomic E-state index is 13.2. The fourth-order valence-corrected chi connectivity index (χ4v) is 3.11. The van der Waals surface area contributed by atoms with Crippen molar-refractivity contribution in [1.29, 1.82) is 0 Å². The van der Waals surface area contributed by atoms with Crippen LogP contribution in [0, 0.1) is 6.92 Å². The number of nitrogens with two attached hydrogens (primary N) is 1. The van der Waals surface area contributed by atoms with Crippen LogP contribution in [0.1, 0.15) is 22.5 Å². The average molecular weight is 471 g/mol. The molecule has 0 bridgehead atoms. The largest absolute Gasteiger partial charge is 0.471 e. The summed E-state index contributed by atoms with van der Waals surface area (Å²) in [6, 6.07) is 10.2. The zero-order chi connectivity index (χ0) is 24.1. The number of alkyl halides is 3. The molecule has 0 saturated carbocycles. The Balaban J connectivity index is 1.37. The van der Waals surface area contributed by atoms with Crippen LogP contribution in [0.2, 0.25) is 0 Å². The van der Waals surface area contributed by atoms with E-state index < -0.39 is 12.8 Å². The van der Waals surface area contributed by atoms with Gasteiger partial charge in [0.2, 0.25) is 5.88 Å². The maximum Gasteiger partial charge on any atom is 0.304 e. The molecule has 4 aromatic heterocycles. The maximum absolute atomic E-state index is 13.2. The third kappa shape index (κ3) is 5.42.